The normalized spacial score (nSPS) is 19.7. The zero-order chi connectivity index (χ0) is 19.1. The van der Waals surface area contributed by atoms with Gasteiger partial charge in [0.15, 0.2) is 0 Å². The molecular formula is C19H31N5O2. The number of dihydropyridines is 1. The molecule has 1 unspecified atom stereocenters. The van der Waals surface area contributed by atoms with Crippen LogP contribution in [0.1, 0.15) is 27.2 Å². The van der Waals surface area contributed by atoms with Crippen molar-refractivity contribution in [1.82, 2.24) is 25.8 Å². The highest BCUT2D eigenvalue weighted by Crippen LogP contribution is 2.23. The van der Waals surface area contributed by atoms with Crippen LogP contribution in [0, 0.1) is 0 Å². The number of nitrogens with zero attached hydrogens (tertiary/aromatic N) is 2. The van der Waals surface area contributed by atoms with Gasteiger partial charge in [0.2, 0.25) is 5.91 Å². The van der Waals surface area contributed by atoms with E-state index in [4.69, 9.17) is 0 Å². The number of carbonyl (C=O) groups excluding carboxylic acids is 1. The lowest BCUT2D eigenvalue weighted by Crippen LogP contribution is -2.44. The maximum Gasteiger partial charge on any atom is 0.249 e. The van der Waals surface area contributed by atoms with Crippen LogP contribution in [0.3, 0.4) is 0 Å². The molecule has 0 spiro atoms. The molecule has 4 N–H and O–H groups in total. The van der Waals surface area contributed by atoms with Crippen LogP contribution in [-0.4, -0.2) is 60.4 Å². The van der Waals surface area contributed by atoms with Crippen LogP contribution in [-0.2, 0) is 4.79 Å². The van der Waals surface area contributed by atoms with E-state index in [1.807, 2.05) is 44.1 Å². The molecule has 7 nitrogen and oxygen atoms in total. The molecule has 0 bridgehead atoms. The number of likely N-dealkylation sites (N-methyl/N-ethyl adjacent to an activating group) is 2. The molecule has 2 rings (SSSR count). The fraction of sp³-hybridized carbons (Fsp3) is 0.526. The summed E-state index contributed by atoms with van der Waals surface area (Å²) in [4.78, 5) is 16.2. The van der Waals surface area contributed by atoms with Gasteiger partial charge in [0.1, 0.15) is 18.7 Å². The second-order valence-corrected chi connectivity index (χ2v) is 6.35. The second-order valence-electron chi connectivity index (χ2n) is 6.35. The number of aliphatic hydroxyl groups excluding tert-OH is 1. The van der Waals surface area contributed by atoms with Gasteiger partial charge in [-0.05, 0) is 51.1 Å². The third-order valence-electron chi connectivity index (χ3n) is 4.52. The van der Waals surface area contributed by atoms with E-state index in [0.29, 0.717) is 13.1 Å². The van der Waals surface area contributed by atoms with E-state index in [2.05, 4.69) is 33.9 Å². The third kappa shape index (κ3) is 4.47. The summed E-state index contributed by atoms with van der Waals surface area (Å²) in [6, 6.07) is 0. The fourth-order valence-corrected chi connectivity index (χ4v) is 3.12. The van der Waals surface area contributed by atoms with Crippen LogP contribution in [0.5, 0.6) is 0 Å². The molecule has 144 valence electrons. The van der Waals surface area contributed by atoms with Gasteiger partial charge in [0.05, 0.1) is 0 Å². The van der Waals surface area contributed by atoms with Crippen LogP contribution >= 0.6 is 0 Å². The summed E-state index contributed by atoms with van der Waals surface area (Å²) in [5, 5.41) is 18.9. The maximum absolute atomic E-state index is 12.2. The largest absolute Gasteiger partial charge is 0.376 e. The highest BCUT2D eigenvalue weighted by atomic mass is 16.3. The molecule has 2 heterocycles. The molecule has 0 saturated carbocycles. The molecule has 0 fully saturated rings. The van der Waals surface area contributed by atoms with E-state index in [0.717, 1.165) is 35.6 Å². The summed E-state index contributed by atoms with van der Waals surface area (Å²) in [6.07, 6.45) is 8.77. The molecule has 0 aliphatic carbocycles. The Bertz CT molecular complexity index is 636. The molecule has 1 amide bonds. The molecule has 1 atom stereocenters. The molecule has 2 aliphatic rings. The van der Waals surface area contributed by atoms with Crippen molar-refractivity contribution in [2.24, 2.45) is 0 Å². The minimum absolute atomic E-state index is 0.00795. The van der Waals surface area contributed by atoms with Gasteiger partial charge >= 0.3 is 0 Å². The summed E-state index contributed by atoms with van der Waals surface area (Å²) in [6.45, 7) is 8.09. The van der Waals surface area contributed by atoms with E-state index in [1.54, 1.807) is 0 Å². The first-order valence-corrected chi connectivity index (χ1v) is 9.20. The van der Waals surface area contributed by atoms with Gasteiger partial charge in [0, 0.05) is 37.1 Å². The first-order chi connectivity index (χ1) is 12.5. The second kappa shape index (κ2) is 9.45. The monoisotopic (exact) mass is 361 g/mol. The SMILES string of the molecule is CCCNC(=O)C1=CC(C)=C(N(CC)C2=CC(NC)N(CO)C=C2)NC1. The first kappa shape index (κ1) is 20.1. The van der Waals surface area contributed by atoms with Crippen molar-refractivity contribution in [1.29, 1.82) is 0 Å². The predicted molar refractivity (Wildman–Crippen MR) is 103 cm³/mol. The van der Waals surface area contributed by atoms with E-state index >= 15 is 0 Å². The van der Waals surface area contributed by atoms with Gasteiger partial charge in [-0.2, -0.15) is 0 Å². The van der Waals surface area contributed by atoms with Crippen molar-refractivity contribution >= 4 is 5.91 Å². The van der Waals surface area contributed by atoms with Crippen molar-refractivity contribution in [3.05, 3.63) is 47.1 Å². The number of rotatable bonds is 8. The smallest absolute Gasteiger partial charge is 0.249 e. The summed E-state index contributed by atoms with van der Waals surface area (Å²) >= 11 is 0. The zero-order valence-electron chi connectivity index (χ0n) is 16.2. The Kier molecular flexibility index (Phi) is 7.29. The topological polar surface area (TPSA) is 79.9 Å². The standard InChI is InChI=1S/C19H31N5O2/c1-5-8-21-19(26)15-10-14(3)18(22-12-15)24(6-2)16-7-9-23(13-25)17(11-16)20-4/h7,9-11,17,20,22,25H,5-6,8,12-13H2,1-4H3,(H,21,26). The molecule has 7 heteroatoms. The van der Waals surface area contributed by atoms with Gasteiger partial charge in [-0.3, -0.25) is 10.1 Å². The molecular weight excluding hydrogens is 330 g/mol. The van der Waals surface area contributed by atoms with E-state index in [-0.39, 0.29) is 18.8 Å². The Balaban J connectivity index is 2.22. The number of amides is 1. The average Bonchev–Trinajstić information content (AvgIpc) is 2.67. The summed E-state index contributed by atoms with van der Waals surface area (Å²) in [5.74, 6) is 0.995. The minimum Gasteiger partial charge on any atom is -0.376 e. The number of aliphatic hydroxyl groups is 1. The lowest BCUT2D eigenvalue weighted by molar-refractivity contribution is -0.117. The van der Waals surface area contributed by atoms with Crippen molar-refractivity contribution in [3.8, 4) is 0 Å². The predicted octanol–water partition coefficient (Wildman–Crippen LogP) is 0.804. The molecule has 2 aliphatic heterocycles. The molecule has 26 heavy (non-hydrogen) atoms. The van der Waals surface area contributed by atoms with Gasteiger partial charge in [0.25, 0.3) is 0 Å². The Hall–Kier alpha value is -2.25. The number of hydrogen-bond acceptors (Lipinski definition) is 6. The Morgan fingerprint density at radius 1 is 1.46 bits per heavy atom. The van der Waals surface area contributed by atoms with E-state index in [1.165, 1.54) is 0 Å². The van der Waals surface area contributed by atoms with Gasteiger partial charge < -0.3 is 25.5 Å². The highest BCUT2D eigenvalue weighted by molar-refractivity contribution is 5.94. The molecule has 0 aromatic carbocycles. The Morgan fingerprint density at radius 2 is 2.23 bits per heavy atom. The first-order valence-electron chi connectivity index (χ1n) is 9.20. The number of hydrogen-bond donors (Lipinski definition) is 4. The van der Waals surface area contributed by atoms with Crippen LogP contribution in [0.15, 0.2) is 47.1 Å². The Labute approximate surface area is 156 Å². The minimum atomic E-state index is -0.0653. The molecule has 0 aromatic rings. The van der Waals surface area contributed by atoms with Crippen molar-refractivity contribution in [2.45, 2.75) is 33.4 Å². The summed E-state index contributed by atoms with van der Waals surface area (Å²) < 4.78 is 0. The Morgan fingerprint density at radius 3 is 2.81 bits per heavy atom. The van der Waals surface area contributed by atoms with Crippen molar-refractivity contribution in [2.75, 3.05) is 33.4 Å². The lowest BCUT2D eigenvalue weighted by atomic mass is 10.1. The van der Waals surface area contributed by atoms with E-state index in [9.17, 15) is 9.90 Å². The third-order valence-corrected chi connectivity index (χ3v) is 4.52. The van der Waals surface area contributed by atoms with Gasteiger partial charge in [-0.1, -0.05) is 6.92 Å². The highest BCUT2D eigenvalue weighted by Gasteiger charge is 2.23. The molecule has 0 radical (unpaired) electrons. The molecule has 0 aromatic heterocycles. The average molecular weight is 361 g/mol. The number of carbonyl (C=O) groups is 1. The lowest BCUT2D eigenvalue weighted by Gasteiger charge is -2.36. The van der Waals surface area contributed by atoms with Crippen LogP contribution in [0.2, 0.25) is 0 Å². The van der Waals surface area contributed by atoms with Gasteiger partial charge in [-0.15, -0.1) is 0 Å². The zero-order valence-corrected chi connectivity index (χ0v) is 16.2. The quantitative estimate of drug-likeness (QED) is 0.512. The van der Waals surface area contributed by atoms with E-state index < -0.39 is 0 Å². The summed E-state index contributed by atoms with van der Waals surface area (Å²) in [7, 11) is 1.87. The van der Waals surface area contributed by atoms with Crippen molar-refractivity contribution < 1.29 is 9.90 Å². The maximum atomic E-state index is 12.2. The van der Waals surface area contributed by atoms with Crippen molar-refractivity contribution in [3.63, 3.8) is 0 Å². The summed E-state index contributed by atoms with van der Waals surface area (Å²) in [5.41, 5.74) is 2.83. The molecule has 0 saturated heterocycles. The fourth-order valence-electron chi connectivity index (χ4n) is 3.12. The van der Waals surface area contributed by atoms with Crippen LogP contribution in [0.25, 0.3) is 0 Å². The van der Waals surface area contributed by atoms with Crippen LogP contribution < -0.4 is 16.0 Å². The van der Waals surface area contributed by atoms with Crippen LogP contribution in [0.4, 0.5) is 0 Å². The number of nitrogens with one attached hydrogen (secondary N) is 3. The van der Waals surface area contributed by atoms with Gasteiger partial charge in [-0.25, -0.2) is 0 Å². The number of allylic oxidation sites excluding steroid dienone is 3.